The van der Waals surface area contributed by atoms with Gasteiger partial charge in [-0.1, -0.05) is 174 Å². The van der Waals surface area contributed by atoms with Crippen molar-refractivity contribution in [2.24, 2.45) is 0 Å². The van der Waals surface area contributed by atoms with Gasteiger partial charge in [0.15, 0.2) is 6.10 Å². The molecule has 0 aliphatic rings. The highest BCUT2D eigenvalue weighted by molar-refractivity contribution is 7.47. The van der Waals surface area contributed by atoms with Crippen molar-refractivity contribution < 1.29 is 42.1 Å². The van der Waals surface area contributed by atoms with E-state index in [0.29, 0.717) is 23.9 Å². The normalized spacial score (nSPS) is 13.6. The van der Waals surface area contributed by atoms with Crippen LogP contribution in [0.15, 0.2) is 12.2 Å². The Kier molecular flexibility index (Phi) is 37.4. The van der Waals surface area contributed by atoms with Crippen LogP contribution in [0, 0.1) is 0 Å². The number of ether oxygens (including phenoxy) is 2. The van der Waals surface area contributed by atoms with Crippen molar-refractivity contribution in [3.63, 3.8) is 0 Å². The molecule has 55 heavy (non-hydrogen) atoms. The van der Waals surface area contributed by atoms with Gasteiger partial charge in [0.05, 0.1) is 27.7 Å². The number of carbonyl (C=O) groups is 2. The number of phosphoric acid groups is 1. The van der Waals surface area contributed by atoms with Gasteiger partial charge in [-0.15, -0.1) is 0 Å². The van der Waals surface area contributed by atoms with Crippen molar-refractivity contribution in [2.45, 2.75) is 219 Å². The zero-order valence-corrected chi connectivity index (χ0v) is 37.6. The molecule has 0 spiro atoms. The second-order valence-corrected chi connectivity index (χ2v) is 18.2. The Morgan fingerprint density at radius 3 is 1.35 bits per heavy atom. The molecule has 1 unspecified atom stereocenters. The van der Waals surface area contributed by atoms with Crippen LogP contribution in [-0.4, -0.2) is 74.9 Å². The minimum Gasteiger partial charge on any atom is -0.462 e. The van der Waals surface area contributed by atoms with Gasteiger partial charge in [-0.2, -0.15) is 0 Å². The zero-order chi connectivity index (χ0) is 40.7. The van der Waals surface area contributed by atoms with Crippen LogP contribution in [0.3, 0.4) is 0 Å². The molecule has 0 saturated carbocycles. The highest BCUT2D eigenvalue weighted by Crippen LogP contribution is 2.43. The maximum Gasteiger partial charge on any atom is 0.472 e. The number of quaternary nitrogens is 1. The van der Waals surface area contributed by atoms with E-state index in [1.165, 1.54) is 135 Å². The molecule has 0 aromatic rings. The number of allylic oxidation sites excluding steroid dienone is 2. The minimum atomic E-state index is -4.37. The fourth-order valence-corrected chi connectivity index (χ4v) is 7.16. The molecule has 1 N–H and O–H groups in total. The van der Waals surface area contributed by atoms with Gasteiger partial charge in [-0.25, -0.2) is 4.57 Å². The van der Waals surface area contributed by atoms with Crippen LogP contribution in [0.2, 0.25) is 0 Å². The first-order chi connectivity index (χ1) is 26.5. The molecule has 10 heteroatoms. The monoisotopic (exact) mass is 803 g/mol. The third kappa shape index (κ3) is 42.2. The lowest BCUT2D eigenvalue weighted by atomic mass is 10.0. The molecule has 0 heterocycles. The predicted octanol–water partition coefficient (Wildman–Crippen LogP) is 13.0. The van der Waals surface area contributed by atoms with Crippen molar-refractivity contribution in [1.29, 1.82) is 0 Å². The third-order valence-corrected chi connectivity index (χ3v) is 11.0. The van der Waals surface area contributed by atoms with Crippen molar-refractivity contribution >= 4 is 19.8 Å². The number of unbranched alkanes of at least 4 members (excludes halogenated alkanes) is 26. The van der Waals surface area contributed by atoms with Crippen LogP contribution >= 0.6 is 7.82 Å². The standard InChI is InChI=1S/C45H88NO8P/c1-6-8-10-12-14-16-18-20-22-23-24-26-28-30-32-34-36-38-45(48)54-43(42-53-55(49,50)52-40-39-46(3,4)5)41-51-44(47)37-35-33-31-29-27-25-21-19-17-15-13-11-9-7-2/h20,22,43H,6-19,21,23-42H2,1-5H3/p+1/b22-20+/t43-/m1/s1. The fraction of sp³-hybridized carbons (Fsp3) is 0.911. The second-order valence-electron chi connectivity index (χ2n) is 16.8. The number of hydrogen-bond acceptors (Lipinski definition) is 7. The summed E-state index contributed by atoms with van der Waals surface area (Å²) in [5.74, 6) is -0.793. The quantitative estimate of drug-likeness (QED) is 0.0214. The third-order valence-electron chi connectivity index (χ3n) is 10.0. The molecule has 0 amide bonds. The predicted molar refractivity (Wildman–Crippen MR) is 229 cm³/mol. The van der Waals surface area contributed by atoms with E-state index in [1.54, 1.807) is 0 Å². The Morgan fingerprint density at radius 1 is 0.545 bits per heavy atom. The zero-order valence-electron chi connectivity index (χ0n) is 36.7. The Labute approximate surface area is 339 Å². The Hall–Kier alpha value is -1.25. The molecular formula is C45H89NO8P+. The second kappa shape index (κ2) is 38.3. The van der Waals surface area contributed by atoms with Crippen molar-refractivity contribution in [2.75, 3.05) is 47.5 Å². The summed E-state index contributed by atoms with van der Waals surface area (Å²) in [4.78, 5) is 35.4. The van der Waals surface area contributed by atoms with E-state index >= 15 is 0 Å². The van der Waals surface area contributed by atoms with Crippen LogP contribution in [0.5, 0.6) is 0 Å². The first-order valence-corrected chi connectivity index (χ1v) is 24.4. The summed E-state index contributed by atoms with van der Waals surface area (Å²) < 4.78 is 34.3. The summed E-state index contributed by atoms with van der Waals surface area (Å²) in [6.45, 7) is 4.44. The van der Waals surface area contributed by atoms with Crippen molar-refractivity contribution in [1.82, 2.24) is 0 Å². The summed E-state index contributed by atoms with van der Waals surface area (Å²) in [6, 6.07) is 0. The Bertz CT molecular complexity index is 954. The summed E-state index contributed by atoms with van der Waals surface area (Å²) >= 11 is 0. The lowest BCUT2D eigenvalue weighted by molar-refractivity contribution is -0.870. The van der Waals surface area contributed by atoms with Gasteiger partial charge in [0.2, 0.25) is 0 Å². The summed E-state index contributed by atoms with van der Waals surface area (Å²) in [7, 11) is 1.48. The van der Waals surface area contributed by atoms with Crippen LogP contribution in [0.1, 0.15) is 213 Å². The first kappa shape index (κ1) is 53.8. The van der Waals surface area contributed by atoms with Gasteiger partial charge in [-0.05, 0) is 38.5 Å². The molecular weight excluding hydrogens is 713 g/mol. The molecule has 0 aliphatic carbocycles. The van der Waals surface area contributed by atoms with Crippen molar-refractivity contribution in [3.05, 3.63) is 12.2 Å². The number of phosphoric ester groups is 1. The van der Waals surface area contributed by atoms with E-state index in [-0.39, 0.29) is 25.6 Å². The van der Waals surface area contributed by atoms with E-state index in [0.717, 1.165) is 44.9 Å². The van der Waals surface area contributed by atoms with Gasteiger partial charge in [0, 0.05) is 12.8 Å². The van der Waals surface area contributed by atoms with Crippen LogP contribution in [-0.2, 0) is 32.7 Å². The van der Waals surface area contributed by atoms with Gasteiger partial charge >= 0.3 is 19.8 Å². The average molecular weight is 803 g/mol. The van der Waals surface area contributed by atoms with E-state index in [1.807, 2.05) is 21.1 Å². The Balaban J connectivity index is 4.31. The van der Waals surface area contributed by atoms with Crippen molar-refractivity contribution in [3.8, 4) is 0 Å². The molecule has 0 rings (SSSR count). The highest BCUT2D eigenvalue weighted by Gasteiger charge is 2.27. The largest absolute Gasteiger partial charge is 0.472 e. The molecule has 2 atom stereocenters. The van der Waals surface area contributed by atoms with E-state index in [9.17, 15) is 19.0 Å². The first-order valence-electron chi connectivity index (χ1n) is 22.9. The van der Waals surface area contributed by atoms with Crippen LogP contribution in [0.25, 0.3) is 0 Å². The lowest BCUT2D eigenvalue weighted by Gasteiger charge is -2.24. The molecule has 0 aliphatic heterocycles. The van der Waals surface area contributed by atoms with Gasteiger partial charge in [0.1, 0.15) is 19.8 Å². The molecule has 0 radical (unpaired) electrons. The SMILES string of the molecule is CCCCCCCC/C=C/CCCCCCCCCC(=O)O[C@H](COC(=O)CCCCCCCCCCCCCCCC)COP(=O)(O)OCC[N+](C)(C)C. The molecule has 9 nitrogen and oxygen atoms in total. The summed E-state index contributed by atoms with van der Waals surface area (Å²) in [5.41, 5.74) is 0. The molecule has 0 saturated heterocycles. The number of rotatable bonds is 42. The summed E-state index contributed by atoms with van der Waals surface area (Å²) in [5, 5.41) is 0. The molecule has 0 aromatic heterocycles. The lowest BCUT2D eigenvalue weighted by Crippen LogP contribution is -2.37. The number of esters is 2. The summed E-state index contributed by atoms with van der Waals surface area (Å²) in [6.07, 6.45) is 39.6. The number of likely N-dealkylation sites (N-methyl/N-ethyl adjacent to an activating group) is 1. The number of carbonyl (C=O) groups excluding carboxylic acids is 2. The molecule has 0 bridgehead atoms. The highest BCUT2D eigenvalue weighted by atomic mass is 31.2. The topological polar surface area (TPSA) is 108 Å². The number of nitrogens with zero attached hydrogens (tertiary/aromatic N) is 1. The average Bonchev–Trinajstić information content (AvgIpc) is 3.13. The van der Waals surface area contributed by atoms with E-state index in [4.69, 9.17) is 18.5 Å². The smallest absolute Gasteiger partial charge is 0.462 e. The molecule has 0 fully saturated rings. The van der Waals surface area contributed by atoms with Gasteiger partial charge < -0.3 is 18.9 Å². The maximum atomic E-state index is 12.7. The van der Waals surface area contributed by atoms with E-state index < -0.39 is 26.5 Å². The minimum absolute atomic E-state index is 0.0340. The number of hydrogen-bond donors (Lipinski definition) is 1. The van der Waals surface area contributed by atoms with E-state index in [2.05, 4.69) is 26.0 Å². The fourth-order valence-electron chi connectivity index (χ4n) is 6.42. The van der Waals surface area contributed by atoms with Crippen LogP contribution in [0.4, 0.5) is 0 Å². The van der Waals surface area contributed by atoms with Gasteiger partial charge in [0.25, 0.3) is 0 Å². The van der Waals surface area contributed by atoms with Crippen LogP contribution < -0.4 is 0 Å². The molecule has 0 aromatic carbocycles. The Morgan fingerprint density at radius 2 is 0.927 bits per heavy atom. The maximum absolute atomic E-state index is 12.7. The molecule has 326 valence electrons. The van der Waals surface area contributed by atoms with Gasteiger partial charge in [-0.3, -0.25) is 18.6 Å².